The maximum atomic E-state index is 13.2. The molecular weight excluding hydrogens is 482 g/mol. The molecule has 0 spiro atoms. The van der Waals surface area contributed by atoms with Crippen LogP contribution in [0.1, 0.15) is 46.2 Å². The third kappa shape index (κ3) is 7.06. The highest BCUT2D eigenvalue weighted by molar-refractivity contribution is 5.79. The molecule has 5 heteroatoms. The summed E-state index contributed by atoms with van der Waals surface area (Å²) >= 11 is 0. The summed E-state index contributed by atoms with van der Waals surface area (Å²) in [6.45, 7) is 7.91. The zero-order valence-corrected chi connectivity index (χ0v) is 22.2. The number of rotatable bonds is 10. The summed E-state index contributed by atoms with van der Waals surface area (Å²) in [6.07, 6.45) is 2.28. The number of hydrogen-bond acceptors (Lipinski definition) is 3. The van der Waals surface area contributed by atoms with Crippen LogP contribution in [0.15, 0.2) is 72.8 Å². The van der Waals surface area contributed by atoms with Gasteiger partial charge in [-0.05, 0) is 122 Å². The van der Waals surface area contributed by atoms with E-state index in [0.29, 0.717) is 37.2 Å². The predicted octanol–water partition coefficient (Wildman–Crippen LogP) is 8.92. The van der Waals surface area contributed by atoms with Crippen molar-refractivity contribution >= 4 is 5.78 Å². The molecular formula is C33H32F2O3. The second-order valence-corrected chi connectivity index (χ2v) is 9.77. The lowest BCUT2D eigenvalue weighted by molar-refractivity contribution is -0.119. The number of carbonyl (C=O) groups is 1. The minimum Gasteiger partial charge on any atom is -0.457 e. The van der Waals surface area contributed by atoms with Crippen LogP contribution in [0.2, 0.25) is 0 Å². The van der Waals surface area contributed by atoms with E-state index in [1.54, 1.807) is 24.3 Å². The molecule has 0 aromatic heterocycles. The SMILES string of the molecule is Cc1cc(CCC(=O)CCc2cc(C)c(Oc3ccc(F)cc3)c(C)c2)cc(C)c1Oc1ccc(F)cc1. The second-order valence-electron chi connectivity index (χ2n) is 9.77. The summed E-state index contributed by atoms with van der Waals surface area (Å²) in [4.78, 5) is 12.7. The van der Waals surface area contributed by atoms with Crippen LogP contribution in [-0.4, -0.2) is 5.78 Å². The van der Waals surface area contributed by atoms with Crippen molar-refractivity contribution in [2.45, 2.75) is 53.4 Å². The van der Waals surface area contributed by atoms with Gasteiger partial charge in [-0.25, -0.2) is 8.78 Å². The Kier molecular flexibility index (Phi) is 8.57. The highest BCUT2D eigenvalue weighted by atomic mass is 19.1. The quantitative estimate of drug-likeness (QED) is 0.212. The molecule has 0 amide bonds. The lowest BCUT2D eigenvalue weighted by Crippen LogP contribution is -2.04. The van der Waals surface area contributed by atoms with Crippen LogP contribution >= 0.6 is 0 Å². The number of carbonyl (C=O) groups excluding carboxylic acids is 1. The Morgan fingerprint density at radius 3 is 1.21 bits per heavy atom. The van der Waals surface area contributed by atoms with Crippen LogP contribution in [0, 0.1) is 39.3 Å². The topological polar surface area (TPSA) is 35.5 Å². The standard InChI is InChI=1S/C33H32F2O3/c1-21-17-25(18-22(2)32(21)37-30-13-7-27(34)8-14-30)5-11-29(36)12-6-26-19-23(3)33(24(4)20-26)38-31-15-9-28(35)10-16-31/h7-10,13-20H,5-6,11-12H2,1-4H3. The van der Waals surface area contributed by atoms with Crippen LogP contribution < -0.4 is 9.47 Å². The molecule has 38 heavy (non-hydrogen) atoms. The molecule has 0 atom stereocenters. The van der Waals surface area contributed by atoms with Crippen LogP contribution in [0.4, 0.5) is 8.78 Å². The molecule has 0 saturated carbocycles. The average molecular weight is 515 g/mol. The first-order valence-electron chi connectivity index (χ1n) is 12.8. The summed E-state index contributed by atoms with van der Waals surface area (Å²) in [6, 6.07) is 20.1. The summed E-state index contributed by atoms with van der Waals surface area (Å²) in [5.41, 5.74) is 6.09. The molecule has 4 rings (SSSR count). The minimum atomic E-state index is -0.302. The fraction of sp³-hybridized carbons (Fsp3) is 0.242. The Bertz CT molecular complexity index is 1270. The fourth-order valence-corrected chi connectivity index (χ4v) is 4.62. The van der Waals surface area contributed by atoms with Gasteiger partial charge in [-0.3, -0.25) is 4.79 Å². The average Bonchev–Trinajstić information content (AvgIpc) is 2.88. The first-order chi connectivity index (χ1) is 18.2. The van der Waals surface area contributed by atoms with Gasteiger partial charge in [0.15, 0.2) is 0 Å². The summed E-state index contributed by atoms with van der Waals surface area (Å²) in [5, 5.41) is 0. The third-order valence-corrected chi connectivity index (χ3v) is 6.49. The van der Waals surface area contributed by atoms with E-state index in [9.17, 15) is 13.6 Å². The van der Waals surface area contributed by atoms with Crippen molar-refractivity contribution in [3.8, 4) is 23.0 Å². The number of benzene rings is 4. The molecule has 0 heterocycles. The number of Topliss-reactive ketones (excluding diaryl/α,β-unsaturated/α-hetero) is 1. The summed E-state index contributed by atoms with van der Waals surface area (Å²) < 4.78 is 38.3. The molecule has 0 N–H and O–H groups in total. The van der Waals surface area contributed by atoms with Crippen LogP contribution in [0.3, 0.4) is 0 Å². The highest BCUT2D eigenvalue weighted by Crippen LogP contribution is 2.32. The first-order valence-corrected chi connectivity index (χ1v) is 12.8. The predicted molar refractivity (Wildman–Crippen MR) is 146 cm³/mol. The molecule has 0 aliphatic rings. The highest BCUT2D eigenvalue weighted by Gasteiger charge is 2.12. The van der Waals surface area contributed by atoms with Gasteiger partial charge in [-0.2, -0.15) is 0 Å². The summed E-state index contributed by atoms with van der Waals surface area (Å²) in [5.74, 6) is 2.29. The van der Waals surface area contributed by atoms with Crippen molar-refractivity contribution in [3.63, 3.8) is 0 Å². The minimum absolute atomic E-state index is 0.217. The Morgan fingerprint density at radius 2 is 0.895 bits per heavy atom. The van der Waals surface area contributed by atoms with Crippen molar-refractivity contribution < 1.29 is 23.0 Å². The molecule has 0 bridgehead atoms. The lowest BCUT2D eigenvalue weighted by atomic mass is 9.98. The number of aryl methyl sites for hydroxylation is 6. The second kappa shape index (κ2) is 12.0. The van der Waals surface area contributed by atoms with E-state index in [1.807, 2.05) is 52.0 Å². The number of ether oxygens (including phenoxy) is 2. The number of hydrogen-bond donors (Lipinski definition) is 0. The third-order valence-electron chi connectivity index (χ3n) is 6.49. The zero-order valence-electron chi connectivity index (χ0n) is 22.2. The molecule has 0 aliphatic heterocycles. The Labute approximate surface area is 223 Å². The summed E-state index contributed by atoms with van der Waals surface area (Å²) in [7, 11) is 0. The van der Waals surface area contributed by atoms with Gasteiger partial charge in [-0.1, -0.05) is 24.3 Å². The van der Waals surface area contributed by atoms with E-state index in [0.717, 1.165) is 44.9 Å². The molecule has 0 fully saturated rings. The monoisotopic (exact) mass is 514 g/mol. The normalized spacial score (nSPS) is 10.9. The number of halogens is 2. The van der Waals surface area contributed by atoms with E-state index in [-0.39, 0.29) is 17.4 Å². The van der Waals surface area contributed by atoms with E-state index in [1.165, 1.54) is 24.3 Å². The van der Waals surface area contributed by atoms with Crippen molar-refractivity contribution in [3.05, 3.63) is 118 Å². The van der Waals surface area contributed by atoms with Crippen molar-refractivity contribution in [1.29, 1.82) is 0 Å². The molecule has 4 aromatic carbocycles. The Hall–Kier alpha value is -3.99. The van der Waals surface area contributed by atoms with E-state index >= 15 is 0 Å². The van der Waals surface area contributed by atoms with Crippen molar-refractivity contribution in [2.75, 3.05) is 0 Å². The van der Waals surface area contributed by atoms with Crippen molar-refractivity contribution in [2.24, 2.45) is 0 Å². The van der Waals surface area contributed by atoms with Crippen LogP contribution in [0.25, 0.3) is 0 Å². The van der Waals surface area contributed by atoms with Gasteiger partial charge in [0.2, 0.25) is 0 Å². The number of ketones is 1. The van der Waals surface area contributed by atoms with E-state index in [2.05, 4.69) is 0 Å². The van der Waals surface area contributed by atoms with Gasteiger partial charge in [0, 0.05) is 12.8 Å². The van der Waals surface area contributed by atoms with Gasteiger partial charge in [0.05, 0.1) is 0 Å². The molecule has 196 valence electrons. The van der Waals surface area contributed by atoms with E-state index < -0.39 is 0 Å². The van der Waals surface area contributed by atoms with Crippen molar-refractivity contribution in [1.82, 2.24) is 0 Å². The largest absolute Gasteiger partial charge is 0.457 e. The van der Waals surface area contributed by atoms with Gasteiger partial charge in [-0.15, -0.1) is 0 Å². The maximum Gasteiger partial charge on any atom is 0.133 e. The zero-order chi connectivity index (χ0) is 27.2. The maximum absolute atomic E-state index is 13.2. The van der Waals surface area contributed by atoms with Gasteiger partial charge >= 0.3 is 0 Å². The molecule has 0 unspecified atom stereocenters. The molecule has 4 aromatic rings. The Morgan fingerprint density at radius 1 is 0.579 bits per heavy atom. The Balaban J connectivity index is 1.31. The van der Waals surface area contributed by atoms with Crippen LogP contribution in [-0.2, 0) is 17.6 Å². The fourth-order valence-electron chi connectivity index (χ4n) is 4.62. The van der Waals surface area contributed by atoms with Gasteiger partial charge in [0.1, 0.15) is 40.4 Å². The smallest absolute Gasteiger partial charge is 0.133 e. The molecule has 0 saturated heterocycles. The van der Waals surface area contributed by atoms with Gasteiger partial charge < -0.3 is 9.47 Å². The first kappa shape index (κ1) is 27.1. The lowest BCUT2D eigenvalue weighted by Gasteiger charge is -2.14. The molecule has 0 aliphatic carbocycles. The molecule has 0 radical (unpaired) electrons. The van der Waals surface area contributed by atoms with Crippen LogP contribution in [0.5, 0.6) is 23.0 Å². The molecule has 3 nitrogen and oxygen atoms in total. The van der Waals surface area contributed by atoms with Gasteiger partial charge in [0.25, 0.3) is 0 Å². The van der Waals surface area contributed by atoms with E-state index in [4.69, 9.17) is 9.47 Å².